The van der Waals surface area contributed by atoms with Crippen molar-refractivity contribution in [1.82, 2.24) is 14.7 Å². The third-order valence-corrected chi connectivity index (χ3v) is 3.85. The number of aryl methyl sites for hydroxylation is 2. The van der Waals surface area contributed by atoms with Crippen LogP contribution in [0, 0.1) is 6.92 Å². The van der Waals surface area contributed by atoms with Crippen molar-refractivity contribution in [3.63, 3.8) is 0 Å². The fraction of sp³-hybridized carbons (Fsp3) is 0.692. The lowest BCUT2D eigenvalue weighted by molar-refractivity contribution is -0.181. The van der Waals surface area contributed by atoms with Gasteiger partial charge in [-0.25, -0.2) is 0 Å². The molecule has 0 saturated carbocycles. The Hall–Kier alpha value is -1.40. The third kappa shape index (κ3) is 2.26. The molecule has 104 valence electrons. The van der Waals surface area contributed by atoms with Gasteiger partial charge in [0.1, 0.15) is 5.69 Å². The minimum absolute atomic E-state index is 0.0379. The molecule has 0 radical (unpaired) electrons. The van der Waals surface area contributed by atoms with Crippen LogP contribution in [-0.4, -0.2) is 52.7 Å². The van der Waals surface area contributed by atoms with Crippen LogP contribution >= 0.6 is 0 Å². The Morgan fingerprint density at radius 1 is 1.32 bits per heavy atom. The van der Waals surface area contributed by atoms with Crippen LogP contribution in [-0.2, 0) is 16.5 Å². The topological polar surface area (TPSA) is 56.6 Å². The monoisotopic (exact) mass is 265 g/mol. The highest BCUT2D eigenvalue weighted by molar-refractivity contribution is 5.92. The Bertz CT molecular complexity index is 481. The third-order valence-electron chi connectivity index (χ3n) is 3.85. The van der Waals surface area contributed by atoms with Crippen molar-refractivity contribution < 1.29 is 14.3 Å². The highest BCUT2D eigenvalue weighted by atomic mass is 16.7. The summed E-state index contributed by atoms with van der Waals surface area (Å²) in [5.41, 5.74) is 1.50. The van der Waals surface area contributed by atoms with E-state index in [0.29, 0.717) is 32.0 Å². The molecule has 0 aliphatic carbocycles. The van der Waals surface area contributed by atoms with Gasteiger partial charge in [0.2, 0.25) is 0 Å². The van der Waals surface area contributed by atoms with Crippen LogP contribution in [0.5, 0.6) is 0 Å². The van der Waals surface area contributed by atoms with E-state index >= 15 is 0 Å². The van der Waals surface area contributed by atoms with Gasteiger partial charge in [0.25, 0.3) is 5.91 Å². The quantitative estimate of drug-likeness (QED) is 0.750. The summed E-state index contributed by atoms with van der Waals surface area (Å²) in [7, 11) is 1.80. The number of carbonyl (C=O) groups excluding carboxylic acids is 1. The lowest BCUT2D eigenvalue weighted by atomic mass is 10.0. The Balaban J connectivity index is 1.68. The Morgan fingerprint density at radius 2 is 1.95 bits per heavy atom. The number of hydrogen-bond acceptors (Lipinski definition) is 4. The lowest BCUT2D eigenvalue weighted by Gasteiger charge is -2.37. The zero-order chi connectivity index (χ0) is 13.5. The number of nitrogens with zero attached hydrogens (tertiary/aromatic N) is 3. The molecule has 1 aromatic heterocycles. The molecule has 0 aromatic carbocycles. The maximum Gasteiger partial charge on any atom is 0.272 e. The highest BCUT2D eigenvalue weighted by Crippen LogP contribution is 2.31. The van der Waals surface area contributed by atoms with Crippen LogP contribution in [0.3, 0.4) is 0 Å². The molecule has 0 bridgehead atoms. The van der Waals surface area contributed by atoms with Crippen LogP contribution in [0.1, 0.15) is 29.0 Å². The molecule has 2 aliphatic heterocycles. The van der Waals surface area contributed by atoms with Gasteiger partial charge in [-0.1, -0.05) is 0 Å². The van der Waals surface area contributed by atoms with Crippen molar-refractivity contribution in [1.29, 1.82) is 0 Å². The average Bonchev–Trinajstić information content (AvgIpc) is 2.97. The second-order valence-electron chi connectivity index (χ2n) is 5.19. The van der Waals surface area contributed by atoms with Crippen LogP contribution in [0.2, 0.25) is 0 Å². The summed E-state index contributed by atoms with van der Waals surface area (Å²) in [5.74, 6) is -0.393. The summed E-state index contributed by atoms with van der Waals surface area (Å²) in [4.78, 5) is 14.3. The molecular formula is C13H19N3O3. The zero-order valence-electron chi connectivity index (χ0n) is 11.4. The van der Waals surface area contributed by atoms with E-state index in [1.807, 2.05) is 17.9 Å². The van der Waals surface area contributed by atoms with Gasteiger partial charge in [-0.05, 0) is 13.0 Å². The van der Waals surface area contributed by atoms with Crippen LogP contribution in [0.15, 0.2) is 6.07 Å². The number of carbonyl (C=O) groups is 1. The summed E-state index contributed by atoms with van der Waals surface area (Å²) in [6, 6.07) is 1.83. The predicted molar refractivity (Wildman–Crippen MR) is 67.7 cm³/mol. The molecule has 1 spiro atoms. The summed E-state index contributed by atoms with van der Waals surface area (Å²) >= 11 is 0. The molecule has 0 atom stereocenters. The first kappa shape index (κ1) is 12.6. The first-order valence-corrected chi connectivity index (χ1v) is 6.67. The number of amides is 1. The molecule has 2 saturated heterocycles. The van der Waals surface area contributed by atoms with Crippen molar-refractivity contribution in [2.75, 3.05) is 26.3 Å². The summed E-state index contributed by atoms with van der Waals surface area (Å²) < 4.78 is 13.0. The lowest BCUT2D eigenvalue weighted by Crippen LogP contribution is -2.47. The smallest absolute Gasteiger partial charge is 0.272 e. The van der Waals surface area contributed by atoms with E-state index in [0.717, 1.165) is 18.5 Å². The van der Waals surface area contributed by atoms with Crippen molar-refractivity contribution in [3.8, 4) is 0 Å². The van der Waals surface area contributed by atoms with Gasteiger partial charge in [-0.3, -0.25) is 9.48 Å². The summed E-state index contributed by atoms with van der Waals surface area (Å²) in [6.07, 6.45) is 1.49. The second kappa shape index (κ2) is 4.61. The van der Waals surface area contributed by atoms with Crippen LogP contribution < -0.4 is 0 Å². The average molecular weight is 265 g/mol. The Labute approximate surface area is 112 Å². The Kier molecular flexibility index (Phi) is 3.06. The molecule has 6 nitrogen and oxygen atoms in total. The summed E-state index contributed by atoms with van der Waals surface area (Å²) in [6.45, 7) is 4.55. The van der Waals surface area contributed by atoms with E-state index in [1.54, 1.807) is 11.7 Å². The molecule has 2 aliphatic rings. The van der Waals surface area contributed by atoms with Gasteiger partial charge in [0.05, 0.1) is 18.9 Å². The molecule has 3 heterocycles. The molecule has 1 aromatic rings. The first-order chi connectivity index (χ1) is 9.10. The number of aromatic nitrogens is 2. The minimum atomic E-state index is -0.431. The van der Waals surface area contributed by atoms with Crippen molar-refractivity contribution in [2.45, 2.75) is 25.6 Å². The first-order valence-electron chi connectivity index (χ1n) is 6.67. The van der Waals surface area contributed by atoms with E-state index < -0.39 is 5.79 Å². The fourth-order valence-electron chi connectivity index (χ4n) is 2.81. The number of likely N-dealkylation sites (tertiary alicyclic amines) is 1. The van der Waals surface area contributed by atoms with Gasteiger partial charge in [-0.15, -0.1) is 0 Å². The Morgan fingerprint density at radius 3 is 2.47 bits per heavy atom. The molecule has 1 amide bonds. The van der Waals surface area contributed by atoms with E-state index in [1.165, 1.54) is 0 Å². The van der Waals surface area contributed by atoms with Crippen LogP contribution in [0.25, 0.3) is 0 Å². The SMILES string of the molecule is Cc1cc(C(=O)N2CCC3(CC2)OCCO3)n(C)n1. The maximum absolute atomic E-state index is 12.4. The zero-order valence-corrected chi connectivity index (χ0v) is 11.4. The molecule has 0 N–H and O–H groups in total. The number of rotatable bonds is 1. The van der Waals surface area contributed by atoms with E-state index in [9.17, 15) is 4.79 Å². The predicted octanol–water partition coefficient (Wildman–Crippen LogP) is 0.708. The van der Waals surface area contributed by atoms with Crippen molar-refractivity contribution >= 4 is 5.91 Å². The fourth-order valence-corrected chi connectivity index (χ4v) is 2.81. The molecule has 19 heavy (non-hydrogen) atoms. The normalized spacial score (nSPS) is 22.1. The van der Waals surface area contributed by atoms with E-state index in [-0.39, 0.29) is 5.91 Å². The molecule has 2 fully saturated rings. The largest absolute Gasteiger partial charge is 0.347 e. The number of piperidine rings is 1. The number of ether oxygens (including phenoxy) is 2. The van der Waals surface area contributed by atoms with Crippen LogP contribution in [0.4, 0.5) is 0 Å². The summed E-state index contributed by atoms with van der Waals surface area (Å²) in [5, 5.41) is 4.22. The molecular weight excluding hydrogens is 246 g/mol. The maximum atomic E-state index is 12.4. The van der Waals surface area contributed by atoms with Crippen molar-refractivity contribution in [3.05, 3.63) is 17.5 Å². The molecule has 6 heteroatoms. The van der Waals surface area contributed by atoms with Gasteiger partial charge in [0, 0.05) is 33.0 Å². The van der Waals surface area contributed by atoms with Gasteiger partial charge in [0.15, 0.2) is 5.79 Å². The van der Waals surface area contributed by atoms with Gasteiger partial charge < -0.3 is 14.4 Å². The highest BCUT2D eigenvalue weighted by Gasteiger charge is 2.41. The standard InChI is InChI=1S/C13H19N3O3/c1-10-9-11(15(2)14-10)12(17)16-5-3-13(4-6-16)18-7-8-19-13/h9H,3-8H2,1-2H3. The number of hydrogen-bond donors (Lipinski definition) is 0. The van der Waals surface area contributed by atoms with E-state index in [2.05, 4.69) is 5.10 Å². The van der Waals surface area contributed by atoms with Gasteiger partial charge in [-0.2, -0.15) is 5.10 Å². The van der Waals surface area contributed by atoms with Crippen molar-refractivity contribution in [2.24, 2.45) is 7.05 Å². The second-order valence-corrected chi connectivity index (χ2v) is 5.19. The molecule has 0 unspecified atom stereocenters. The van der Waals surface area contributed by atoms with Gasteiger partial charge >= 0.3 is 0 Å². The van der Waals surface area contributed by atoms with E-state index in [4.69, 9.17) is 9.47 Å². The molecule has 3 rings (SSSR count). The minimum Gasteiger partial charge on any atom is -0.347 e.